The lowest BCUT2D eigenvalue weighted by molar-refractivity contribution is 0.305. The summed E-state index contributed by atoms with van der Waals surface area (Å²) < 4.78 is 0. The Kier molecular flexibility index (Phi) is 3.77. The summed E-state index contributed by atoms with van der Waals surface area (Å²) in [5.41, 5.74) is 3.58. The van der Waals surface area contributed by atoms with Gasteiger partial charge in [0.25, 0.3) is 0 Å². The molecule has 0 radical (unpaired) electrons. The Balaban J connectivity index is 2.48. The molecule has 1 atom stereocenters. The molecule has 14 heavy (non-hydrogen) atoms. The minimum absolute atomic E-state index is 0.448. The van der Waals surface area contributed by atoms with Crippen LogP contribution in [0.5, 0.6) is 0 Å². The van der Waals surface area contributed by atoms with Crippen LogP contribution >= 0.6 is 0 Å². The third kappa shape index (κ3) is 3.83. The van der Waals surface area contributed by atoms with E-state index in [9.17, 15) is 0 Å². The number of hydrogen-bond donors (Lipinski definition) is 1. The first-order valence-electron chi connectivity index (χ1n) is 5.77. The predicted molar refractivity (Wildman–Crippen MR) is 63.5 cm³/mol. The highest BCUT2D eigenvalue weighted by Gasteiger charge is 2.20. The lowest BCUT2D eigenvalue weighted by atomic mass is 9.86. The number of allylic oxidation sites excluding steroid dienone is 1. The fourth-order valence-electron chi connectivity index (χ4n) is 2.07. The summed E-state index contributed by atoms with van der Waals surface area (Å²) in [6.07, 6.45) is 3.87. The third-order valence-electron chi connectivity index (χ3n) is 3.11. The molecule has 0 spiro atoms. The second-order valence-electron chi connectivity index (χ2n) is 5.94. The van der Waals surface area contributed by atoms with Crippen molar-refractivity contribution >= 4 is 0 Å². The molecule has 0 bridgehead atoms. The van der Waals surface area contributed by atoms with Crippen molar-refractivity contribution in [2.45, 2.75) is 59.9 Å². The SMILES string of the molecule is CC1=C(C)CNC(CC(C)(C)C)CC1. The van der Waals surface area contributed by atoms with Crippen LogP contribution in [0.25, 0.3) is 0 Å². The van der Waals surface area contributed by atoms with Gasteiger partial charge >= 0.3 is 0 Å². The van der Waals surface area contributed by atoms with E-state index in [1.54, 1.807) is 11.1 Å². The second kappa shape index (κ2) is 4.48. The van der Waals surface area contributed by atoms with Crippen LogP contribution in [0.4, 0.5) is 0 Å². The van der Waals surface area contributed by atoms with E-state index in [0.29, 0.717) is 11.5 Å². The van der Waals surface area contributed by atoms with Crippen LogP contribution in [0, 0.1) is 5.41 Å². The standard InChI is InChI=1S/C13H25N/c1-10-6-7-12(8-13(3,4)5)14-9-11(10)2/h12,14H,6-9H2,1-5H3. The summed E-state index contributed by atoms with van der Waals surface area (Å²) in [4.78, 5) is 0. The van der Waals surface area contributed by atoms with E-state index in [0.717, 1.165) is 6.54 Å². The second-order valence-corrected chi connectivity index (χ2v) is 5.94. The molecule has 1 rings (SSSR count). The van der Waals surface area contributed by atoms with Crippen molar-refractivity contribution in [2.75, 3.05) is 6.54 Å². The largest absolute Gasteiger partial charge is 0.310 e. The summed E-state index contributed by atoms with van der Waals surface area (Å²) in [5.74, 6) is 0. The van der Waals surface area contributed by atoms with E-state index in [-0.39, 0.29) is 0 Å². The minimum Gasteiger partial charge on any atom is -0.310 e. The summed E-state index contributed by atoms with van der Waals surface area (Å²) in [7, 11) is 0. The lowest BCUT2D eigenvalue weighted by Crippen LogP contribution is -2.32. The van der Waals surface area contributed by atoms with Crippen LogP contribution in [-0.2, 0) is 0 Å². The molecule has 0 saturated heterocycles. The molecule has 1 N–H and O–H groups in total. The quantitative estimate of drug-likeness (QED) is 0.631. The van der Waals surface area contributed by atoms with E-state index in [4.69, 9.17) is 0 Å². The van der Waals surface area contributed by atoms with Crippen LogP contribution in [0.3, 0.4) is 0 Å². The van der Waals surface area contributed by atoms with E-state index in [2.05, 4.69) is 39.9 Å². The van der Waals surface area contributed by atoms with E-state index in [1.165, 1.54) is 19.3 Å². The van der Waals surface area contributed by atoms with Crippen LogP contribution in [0.2, 0.25) is 0 Å². The van der Waals surface area contributed by atoms with Gasteiger partial charge < -0.3 is 5.32 Å². The maximum atomic E-state index is 3.66. The van der Waals surface area contributed by atoms with Crippen molar-refractivity contribution in [1.29, 1.82) is 0 Å². The molecule has 0 saturated carbocycles. The molecular formula is C13H25N. The number of nitrogens with one attached hydrogen (secondary N) is 1. The Hall–Kier alpha value is -0.300. The van der Waals surface area contributed by atoms with Gasteiger partial charge in [0.2, 0.25) is 0 Å². The third-order valence-corrected chi connectivity index (χ3v) is 3.11. The normalized spacial score (nSPS) is 25.1. The fourth-order valence-corrected chi connectivity index (χ4v) is 2.07. The Morgan fingerprint density at radius 2 is 1.86 bits per heavy atom. The Labute approximate surface area is 89.0 Å². The Morgan fingerprint density at radius 1 is 1.21 bits per heavy atom. The first-order valence-corrected chi connectivity index (χ1v) is 5.77. The molecule has 1 aliphatic heterocycles. The minimum atomic E-state index is 0.448. The number of hydrogen-bond acceptors (Lipinski definition) is 1. The molecule has 0 fully saturated rings. The highest BCUT2D eigenvalue weighted by atomic mass is 14.9. The van der Waals surface area contributed by atoms with Crippen molar-refractivity contribution in [2.24, 2.45) is 5.41 Å². The highest BCUT2D eigenvalue weighted by molar-refractivity contribution is 5.13. The molecule has 1 heteroatoms. The predicted octanol–water partition coefficient (Wildman–Crippen LogP) is 3.51. The van der Waals surface area contributed by atoms with Crippen LogP contribution < -0.4 is 5.32 Å². The average Bonchev–Trinajstić information content (AvgIpc) is 2.17. The van der Waals surface area contributed by atoms with Crippen LogP contribution in [0.15, 0.2) is 11.1 Å². The zero-order valence-corrected chi connectivity index (χ0v) is 10.4. The van der Waals surface area contributed by atoms with Gasteiger partial charge in [0.15, 0.2) is 0 Å². The van der Waals surface area contributed by atoms with Gasteiger partial charge in [-0.2, -0.15) is 0 Å². The maximum absolute atomic E-state index is 3.66. The van der Waals surface area contributed by atoms with Crippen molar-refractivity contribution < 1.29 is 0 Å². The van der Waals surface area contributed by atoms with E-state index in [1.807, 2.05) is 0 Å². The molecule has 1 unspecified atom stereocenters. The van der Waals surface area contributed by atoms with Gasteiger partial charge in [-0.25, -0.2) is 0 Å². The summed E-state index contributed by atoms with van der Waals surface area (Å²) in [6, 6.07) is 0.711. The van der Waals surface area contributed by atoms with Gasteiger partial charge in [-0.1, -0.05) is 31.9 Å². The van der Waals surface area contributed by atoms with Crippen molar-refractivity contribution in [3.8, 4) is 0 Å². The number of rotatable bonds is 1. The molecule has 1 aliphatic rings. The fraction of sp³-hybridized carbons (Fsp3) is 0.846. The first kappa shape index (κ1) is 11.8. The van der Waals surface area contributed by atoms with E-state index < -0.39 is 0 Å². The average molecular weight is 195 g/mol. The van der Waals surface area contributed by atoms with Gasteiger partial charge in [0.1, 0.15) is 0 Å². The summed E-state index contributed by atoms with van der Waals surface area (Å²) in [5, 5.41) is 3.66. The molecule has 0 aliphatic carbocycles. The smallest absolute Gasteiger partial charge is 0.0167 e. The van der Waals surface area contributed by atoms with Crippen molar-refractivity contribution in [1.82, 2.24) is 5.32 Å². The zero-order valence-electron chi connectivity index (χ0n) is 10.4. The maximum Gasteiger partial charge on any atom is 0.0167 e. The van der Waals surface area contributed by atoms with Gasteiger partial charge in [-0.3, -0.25) is 0 Å². The Morgan fingerprint density at radius 3 is 2.43 bits per heavy atom. The topological polar surface area (TPSA) is 12.0 Å². The monoisotopic (exact) mass is 195 g/mol. The molecule has 0 amide bonds. The molecule has 0 aromatic carbocycles. The van der Waals surface area contributed by atoms with Crippen molar-refractivity contribution in [3.63, 3.8) is 0 Å². The van der Waals surface area contributed by atoms with Gasteiger partial charge in [-0.15, -0.1) is 0 Å². The van der Waals surface area contributed by atoms with Crippen molar-refractivity contribution in [3.05, 3.63) is 11.1 Å². The highest BCUT2D eigenvalue weighted by Crippen LogP contribution is 2.25. The molecule has 0 aromatic rings. The molecule has 0 aromatic heterocycles. The Bertz CT molecular complexity index is 204. The molecule has 1 nitrogen and oxygen atoms in total. The van der Waals surface area contributed by atoms with E-state index >= 15 is 0 Å². The zero-order chi connectivity index (χ0) is 10.8. The van der Waals surface area contributed by atoms with Gasteiger partial charge in [0.05, 0.1) is 0 Å². The first-order chi connectivity index (χ1) is 6.38. The van der Waals surface area contributed by atoms with Gasteiger partial charge in [-0.05, 0) is 38.5 Å². The molecule has 1 heterocycles. The van der Waals surface area contributed by atoms with Crippen LogP contribution in [-0.4, -0.2) is 12.6 Å². The molecule has 82 valence electrons. The molecular weight excluding hydrogens is 170 g/mol. The summed E-state index contributed by atoms with van der Waals surface area (Å²) in [6.45, 7) is 12.6. The van der Waals surface area contributed by atoms with Crippen LogP contribution in [0.1, 0.15) is 53.9 Å². The lowest BCUT2D eigenvalue weighted by Gasteiger charge is -2.25. The van der Waals surface area contributed by atoms with Gasteiger partial charge in [0, 0.05) is 12.6 Å². The summed E-state index contributed by atoms with van der Waals surface area (Å²) >= 11 is 0.